The molecule has 0 aliphatic heterocycles. The number of carboxylic acids is 1. The van der Waals surface area contributed by atoms with E-state index in [1.165, 1.54) is 22.8 Å². The fourth-order valence-electron chi connectivity index (χ4n) is 2.25. The largest absolute Gasteiger partial charge is 0.477 e. The van der Waals surface area contributed by atoms with Crippen molar-refractivity contribution in [3.63, 3.8) is 0 Å². The zero-order valence-corrected chi connectivity index (χ0v) is 11.6. The Labute approximate surface area is 122 Å². The van der Waals surface area contributed by atoms with Gasteiger partial charge in [0.05, 0.1) is 6.54 Å². The molecule has 0 spiro atoms. The molecule has 3 rings (SSSR count). The number of benzene rings is 1. The van der Waals surface area contributed by atoms with Crippen molar-refractivity contribution in [2.75, 3.05) is 0 Å². The number of pyridine rings is 1. The molecule has 1 aromatic carbocycles. The predicted molar refractivity (Wildman–Crippen MR) is 78.5 cm³/mol. The summed E-state index contributed by atoms with van der Waals surface area (Å²) in [6.45, 7) is 0.0300. The molecule has 0 saturated carbocycles. The highest BCUT2D eigenvalue weighted by Crippen LogP contribution is 2.33. The monoisotopic (exact) mass is 303 g/mol. The minimum absolute atomic E-state index is 0.0300. The van der Waals surface area contributed by atoms with Gasteiger partial charge in [-0.3, -0.25) is 4.79 Å². The number of aromatic carboxylic acids is 1. The third kappa shape index (κ3) is 2.34. The van der Waals surface area contributed by atoms with E-state index in [-0.39, 0.29) is 22.4 Å². The third-order valence-electron chi connectivity index (χ3n) is 3.18. The molecule has 0 bridgehead atoms. The van der Waals surface area contributed by atoms with E-state index in [9.17, 15) is 19.1 Å². The van der Waals surface area contributed by atoms with Crippen LogP contribution in [0.2, 0.25) is 0 Å². The Morgan fingerprint density at radius 3 is 2.76 bits per heavy atom. The summed E-state index contributed by atoms with van der Waals surface area (Å²) >= 11 is 1.02. The second-order valence-electron chi connectivity index (χ2n) is 4.49. The third-order valence-corrected chi connectivity index (χ3v) is 4.37. The Bertz CT molecular complexity index is 897. The smallest absolute Gasteiger partial charge is 0.346 e. The molecule has 0 aliphatic rings. The van der Waals surface area contributed by atoms with Crippen molar-refractivity contribution in [2.24, 2.45) is 0 Å². The van der Waals surface area contributed by atoms with E-state index in [1.807, 2.05) is 0 Å². The van der Waals surface area contributed by atoms with Gasteiger partial charge in [0.1, 0.15) is 10.7 Å². The molecule has 3 aromatic rings. The average Bonchev–Trinajstić information content (AvgIpc) is 2.82. The first-order valence-corrected chi connectivity index (χ1v) is 6.98. The van der Waals surface area contributed by atoms with Gasteiger partial charge in [-0.05, 0) is 18.2 Å². The first kappa shape index (κ1) is 13.5. The Kier molecular flexibility index (Phi) is 3.31. The lowest BCUT2D eigenvalue weighted by molar-refractivity contribution is 0.0701. The van der Waals surface area contributed by atoms with Gasteiger partial charge in [0.25, 0.3) is 5.56 Å². The number of aromatic nitrogens is 1. The maximum atomic E-state index is 14.1. The molecule has 0 fully saturated rings. The van der Waals surface area contributed by atoms with Crippen LogP contribution < -0.4 is 5.56 Å². The van der Waals surface area contributed by atoms with E-state index in [0.717, 1.165) is 11.3 Å². The minimum atomic E-state index is -1.12. The van der Waals surface area contributed by atoms with Crippen molar-refractivity contribution >= 4 is 27.4 Å². The number of thiophene rings is 1. The molecule has 6 heteroatoms. The van der Waals surface area contributed by atoms with Gasteiger partial charge in [0.15, 0.2) is 0 Å². The molecule has 0 amide bonds. The van der Waals surface area contributed by atoms with Crippen LogP contribution in [0.4, 0.5) is 4.39 Å². The normalized spacial score (nSPS) is 10.9. The van der Waals surface area contributed by atoms with Crippen molar-refractivity contribution in [3.05, 3.63) is 69.2 Å². The number of carboxylic acid groups (broad SMARTS) is 1. The van der Waals surface area contributed by atoms with Gasteiger partial charge in [-0.2, -0.15) is 0 Å². The van der Waals surface area contributed by atoms with Gasteiger partial charge in [-0.15, -0.1) is 11.3 Å². The summed E-state index contributed by atoms with van der Waals surface area (Å²) in [5, 5.41) is 9.58. The van der Waals surface area contributed by atoms with Gasteiger partial charge in [0, 0.05) is 27.9 Å². The molecule has 0 radical (unpaired) electrons. The zero-order valence-electron chi connectivity index (χ0n) is 10.7. The van der Waals surface area contributed by atoms with E-state index in [1.54, 1.807) is 24.4 Å². The van der Waals surface area contributed by atoms with Gasteiger partial charge in [0.2, 0.25) is 0 Å². The number of nitrogens with zero attached hydrogens (tertiary/aromatic N) is 1. The molecule has 21 heavy (non-hydrogen) atoms. The van der Waals surface area contributed by atoms with Crippen LogP contribution in [0.3, 0.4) is 0 Å². The van der Waals surface area contributed by atoms with E-state index < -0.39 is 11.8 Å². The van der Waals surface area contributed by atoms with Crippen molar-refractivity contribution in [1.82, 2.24) is 4.57 Å². The van der Waals surface area contributed by atoms with Crippen molar-refractivity contribution in [1.29, 1.82) is 0 Å². The Balaban J connectivity index is 2.25. The number of rotatable bonds is 3. The predicted octanol–water partition coefficient (Wildman–Crippen LogP) is 2.95. The fraction of sp³-hybridized carbons (Fsp3) is 0.0667. The first-order chi connectivity index (χ1) is 10.1. The Morgan fingerprint density at radius 1 is 1.24 bits per heavy atom. The summed E-state index contributed by atoms with van der Waals surface area (Å²) in [4.78, 5) is 23.2. The van der Waals surface area contributed by atoms with Crippen LogP contribution in [-0.4, -0.2) is 15.6 Å². The maximum Gasteiger partial charge on any atom is 0.346 e. The maximum absolute atomic E-state index is 14.1. The lowest BCUT2D eigenvalue weighted by atomic mass is 10.1. The highest BCUT2D eigenvalue weighted by Gasteiger charge is 2.20. The summed E-state index contributed by atoms with van der Waals surface area (Å²) in [7, 11) is 0. The molecule has 0 saturated heterocycles. The quantitative estimate of drug-likeness (QED) is 0.809. The van der Waals surface area contributed by atoms with Crippen molar-refractivity contribution in [3.8, 4) is 0 Å². The first-order valence-electron chi connectivity index (χ1n) is 6.16. The number of hydrogen-bond donors (Lipinski definition) is 1. The highest BCUT2D eigenvalue weighted by molar-refractivity contribution is 7.21. The standard InChI is InChI=1S/C15H10FNO3S/c16-10-4-3-5-11-13(10)9(14(21-11)15(19)20)8-17-7-2-1-6-12(17)18/h1-7H,8H2,(H,19,20). The lowest BCUT2D eigenvalue weighted by Gasteiger charge is -2.06. The molecule has 2 aromatic heterocycles. The van der Waals surface area contributed by atoms with Crippen LogP contribution in [-0.2, 0) is 6.54 Å². The van der Waals surface area contributed by atoms with Gasteiger partial charge >= 0.3 is 5.97 Å². The SMILES string of the molecule is O=C(O)c1sc2cccc(F)c2c1Cn1ccccc1=O. The van der Waals surface area contributed by atoms with Gasteiger partial charge in [-0.25, -0.2) is 9.18 Å². The minimum Gasteiger partial charge on any atom is -0.477 e. The van der Waals surface area contributed by atoms with E-state index in [4.69, 9.17) is 0 Å². The topological polar surface area (TPSA) is 59.3 Å². The molecule has 0 unspecified atom stereocenters. The highest BCUT2D eigenvalue weighted by atomic mass is 32.1. The van der Waals surface area contributed by atoms with Crippen LogP contribution in [0.25, 0.3) is 10.1 Å². The molecule has 0 atom stereocenters. The molecular formula is C15H10FNO3S. The second-order valence-corrected chi connectivity index (χ2v) is 5.55. The van der Waals surface area contributed by atoms with Crippen LogP contribution in [0.1, 0.15) is 15.2 Å². The number of hydrogen-bond acceptors (Lipinski definition) is 3. The van der Waals surface area contributed by atoms with Crippen molar-refractivity contribution < 1.29 is 14.3 Å². The average molecular weight is 303 g/mol. The summed E-state index contributed by atoms with van der Waals surface area (Å²) in [6, 6.07) is 9.16. The van der Waals surface area contributed by atoms with Crippen LogP contribution >= 0.6 is 11.3 Å². The summed E-state index contributed by atoms with van der Waals surface area (Å²) in [5.74, 6) is -1.59. The second kappa shape index (κ2) is 5.14. The molecule has 106 valence electrons. The van der Waals surface area contributed by atoms with Gasteiger partial charge in [-0.1, -0.05) is 12.1 Å². The lowest BCUT2D eigenvalue weighted by Crippen LogP contribution is -2.19. The number of fused-ring (bicyclic) bond motifs is 1. The number of carbonyl (C=O) groups is 1. The molecule has 4 nitrogen and oxygen atoms in total. The molecule has 2 heterocycles. The molecular weight excluding hydrogens is 293 g/mol. The molecule has 1 N–H and O–H groups in total. The summed E-state index contributed by atoms with van der Waals surface area (Å²) < 4.78 is 16.0. The summed E-state index contributed by atoms with van der Waals surface area (Å²) in [5.41, 5.74) is 0.0680. The fourth-order valence-corrected chi connectivity index (χ4v) is 3.32. The van der Waals surface area contributed by atoms with E-state index in [0.29, 0.717) is 10.3 Å². The van der Waals surface area contributed by atoms with Crippen LogP contribution in [0.5, 0.6) is 0 Å². The molecule has 0 aliphatic carbocycles. The summed E-state index contributed by atoms with van der Waals surface area (Å²) in [6.07, 6.45) is 1.55. The van der Waals surface area contributed by atoms with Crippen LogP contribution in [0.15, 0.2) is 47.4 Å². The van der Waals surface area contributed by atoms with Crippen LogP contribution in [0, 0.1) is 5.82 Å². The Morgan fingerprint density at radius 2 is 2.05 bits per heavy atom. The van der Waals surface area contributed by atoms with E-state index >= 15 is 0 Å². The van der Waals surface area contributed by atoms with Gasteiger partial charge < -0.3 is 9.67 Å². The Hall–Kier alpha value is -2.47. The van der Waals surface area contributed by atoms with Crippen molar-refractivity contribution in [2.45, 2.75) is 6.54 Å². The zero-order chi connectivity index (χ0) is 15.0. The van der Waals surface area contributed by atoms with E-state index in [2.05, 4.69) is 0 Å². The number of halogens is 1.